The Kier molecular flexibility index (Phi) is 6.72. The van der Waals surface area contributed by atoms with Crippen molar-refractivity contribution >= 4 is 6.72 Å². The summed E-state index contributed by atoms with van der Waals surface area (Å²) in [5.74, 6) is -0.295. The maximum absolute atomic E-state index is 12.7. The molecule has 0 heterocycles. The lowest BCUT2D eigenvalue weighted by atomic mass is 10.1. The third-order valence-electron chi connectivity index (χ3n) is 2.85. The normalized spacial score (nSPS) is 10.7. The highest BCUT2D eigenvalue weighted by molar-refractivity contribution is 5.24. The van der Waals surface area contributed by atoms with E-state index in [4.69, 9.17) is 5.41 Å². The summed E-state index contributed by atoms with van der Waals surface area (Å²) in [5, 5.41) is 8.59. The summed E-state index contributed by atoms with van der Waals surface area (Å²) in [5.41, 5.74) is 1.03. The third-order valence-corrected chi connectivity index (χ3v) is 2.85. The van der Waals surface area contributed by atoms with Crippen molar-refractivity contribution in [3.63, 3.8) is 0 Å². The van der Waals surface area contributed by atoms with Gasteiger partial charge in [0.25, 0.3) is 0 Å². The first kappa shape index (κ1) is 17.8. The minimum absolute atomic E-state index is 0.295. The molecule has 2 aromatic carbocycles. The van der Waals surface area contributed by atoms with E-state index in [1.54, 1.807) is 12.1 Å². The molecule has 0 unspecified atom stereocenters. The molecule has 0 aliphatic rings. The highest BCUT2D eigenvalue weighted by Gasteiger charge is 2.29. The van der Waals surface area contributed by atoms with E-state index in [9.17, 15) is 17.6 Å². The summed E-state index contributed by atoms with van der Waals surface area (Å²) in [4.78, 5) is 0. The summed E-state index contributed by atoms with van der Waals surface area (Å²) >= 11 is 0. The van der Waals surface area contributed by atoms with Crippen LogP contribution in [0.5, 0.6) is 0 Å². The molecule has 0 aromatic heterocycles. The molecule has 0 radical (unpaired) electrons. The Morgan fingerprint density at radius 2 is 1.23 bits per heavy atom. The average molecular weight is 312 g/mol. The van der Waals surface area contributed by atoms with Crippen molar-refractivity contribution in [2.75, 3.05) is 0 Å². The van der Waals surface area contributed by atoms with Crippen molar-refractivity contribution in [2.45, 2.75) is 19.3 Å². The quantitative estimate of drug-likeness (QED) is 0.637. The maximum Gasteiger partial charge on any atom is 0.416 e. The van der Waals surface area contributed by atoms with Crippen LogP contribution in [0.1, 0.15) is 16.7 Å². The van der Waals surface area contributed by atoms with Gasteiger partial charge in [-0.05, 0) is 42.1 Å². The largest absolute Gasteiger partial charge is 0.416 e. The van der Waals surface area contributed by atoms with Crippen LogP contribution < -0.4 is 5.32 Å². The average Bonchev–Trinajstić information content (AvgIpc) is 2.51. The summed E-state index contributed by atoms with van der Waals surface area (Å²) in [6, 6.07) is 11.1. The summed E-state index contributed by atoms with van der Waals surface area (Å²) in [6.45, 7) is 3.48. The Morgan fingerprint density at radius 1 is 0.818 bits per heavy atom. The molecule has 22 heavy (non-hydrogen) atoms. The molecule has 0 saturated heterocycles. The minimum atomic E-state index is -4.31. The first-order valence-corrected chi connectivity index (χ1v) is 6.42. The zero-order valence-corrected chi connectivity index (χ0v) is 11.8. The molecule has 0 spiro atoms. The van der Waals surface area contributed by atoms with Gasteiger partial charge in [-0.2, -0.15) is 13.2 Å². The lowest BCUT2D eigenvalue weighted by Crippen LogP contribution is -2.13. The zero-order valence-electron chi connectivity index (χ0n) is 11.8. The molecule has 118 valence electrons. The van der Waals surface area contributed by atoms with Crippen molar-refractivity contribution < 1.29 is 17.6 Å². The number of nitrogens with one attached hydrogen (secondary N) is 2. The molecule has 2 aromatic rings. The minimum Gasteiger partial charge on any atom is -0.317 e. The SMILES string of the molecule is C=N.Fc1ccc(CNCc2ccc(C(F)(F)F)cc2)cc1. The van der Waals surface area contributed by atoms with E-state index >= 15 is 0 Å². The zero-order chi connectivity index (χ0) is 16.6. The molecule has 0 atom stereocenters. The molecular formula is C16H16F4N2. The summed E-state index contributed by atoms with van der Waals surface area (Å²) in [7, 11) is 0. The molecule has 0 amide bonds. The van der Waals surface area contributed by atoms with Gasteiger partial charge in [0, 0.05) is 13.1 Å². The van der Waals surface area contributed by atoms with E-state index in [1.807, 2.05) is 0 Å². The lowest BCUT2D eigenvalue weighted by Gasteiger charge is -2.08. The monoisotopic (exact) mass is 312 g/mol. The van der Waals surface area contributed by atoms with Crippen LogP contribution in [0.3, 0.4) is 0 Å². The van der Waals surface area contributed by atoms with Crippen LogP contribution in [0.25, 0.3) is 0 Å². The van der Waals surface area contributed by atoms with Gasteiger partial charge in [0.2, 0.25) is 0 Å². The van der Waals surface area contributed by atoms with Gasteiger partial charge >= 0.3 is 6.18 Å². The van der Waals surface area contributed by atoms with Gasteiger partial charge in [-0.3, -0.25) is 0 Å². The van der Waals surface area contributed by atoms with Crippen LogP contribution in [0.2, 0.25) is 0 Å². The fourth-order valence-corrected chi connectivity index (χ4v) is 1.77. The molecule has 2 nitrogen and oxygen atoms in total. The fraction of sp³-hybridized carbons (Fsp3) is 0.188. The van der Waals surface area contributed by atoms with Crippen LogP contribution in [-0.2, 0) is 19.3 Å². The molecule has 0 bridgehead atoms. The molecule has 0 fully saturated rings. The van der Waals surface area contributed by atoms with Crippen LogP contribution in [0, 0.1) is 11.2 Å². The Hall–Kier alpha value is -2.21. The first-order chi connectivity index (χ1) is 10.4. The highest BCUT2D eigenvalue weighted by Crippen LogP contribution is 2.29. The van der Waals surface area contributed by atoms with E-state index in [0.717, 1.165) is 23.3 Å². The van der Waals surface area contributed by atoms with Crippen molar-refractivity contribution in [1.82, 2.24) is 5.32 Å². The van der Waals surface area contributed by atoms with Gasteiger partial charge in [0.1, 0.15) is 5.82 Å². The van der Waals surface area contributed by atoms with E-state index in [2.05, 4.69) is 12.0 Å². The van der Waals surface area contributed by atoms with Gasteiger partial charge in [0.15, 0.2) is 0 Å². The molecule has 0 aliphatic carbocycles. The molecular weight excluding hydrogens is 296 g/mol. The van der Waals surface area contributed by atoms with Crippen LogP contribution in [0.15, 0.2) is 48.5 Å². The Balaban J connectivity index is 0.00000116. The van der Waals surface area contributed by atoms with Crippen molar-refractivity contribution in [3.05, 3.63) is 71.0 Å². The number of rotatable bonds is 4. The van der Waals surface area contributed by atoms with E-state index in [-0.39, 0.29) is 5.82 Å². The second kappa shape index (κ2) is 8.29. The Labute approximate surface area is 126 Å². The third kappa shape index (κ3) is 5.65. The predicted octanol–water partition coefficient (Wildman–Crippen LogP) is 4.40. The Morgan fingerprint density at radius 3 is 1.64 bits per heavy atom. The number of halogens is 4. The number of benzene rings is 2. The highest BCUT2D eigenvalue weighted by atomic mass is 19.4. The van der Waals surface area contributed by atoms with Gasteiger partial charge in [-0.25, -0.2) is 4.39 Å². The number of alkyl halides is 3. The van der Waals surface area contributed by atoms with Gasteiger partial charge < -0.3 is 10.7 Å². The van der Waals surface area contributed by atoms with Gasteiger partial charge in [-0.15, -0.1) is 0 Å². The van der Waals surface area contributed by atoms with Crippen molar-refractivity contribution in [3.8, 4) is 0 Å². The number of hydrogen-bond acceptors (Lipinski definition) is 2. The first-order valence-electron chi connectivity index (χ1n) is 6.42. The Bertz CT molecular complexity index is 562. The molecule has 0 aliphatic heterocycles. The lowest BCUT2D eigenvalue weighted by molar-refractivity contribution is -0.137. The van der Waals surface area contributed by atoms with E-state index < -0.39 is 11.7 Å². The molecule has 0 saturated carbocycles. The fourth-order valence-electron chi connectivity index (χ4n) is 1.77. The smallest absolute Gasteiger partial charge is 0.317 e. The summed E-state index contributed by atoms with van der Waals surface area (Å²) < 4.78 is 49.8. The van der Waals surface area contributed by atoms with Crippen LogP contribution in [-0.4, -0.2) is 6.72 Å². The topological polar surface area (TPSA) is 35.9 Å². The second-order valence-corrected chi connectivity index (χ2v) is 4.42. The van der Waals surface area contributed by atoms with Crippen molar-refractivity contribution in [1.29, 1.82) is 5.41 Å². The molecule has 2 N–H and O–H groups in total. The standard InChI is InChI=1S/C15H13F4N.CH3N/c16-14-7-3-12(4-8-14)10-20-9-11-1-5-13(6-2-11)15(17,18)19;1-2/h1-8,20H,9-10H2;2H,1H2. The molecule has 2 rings (SSSR count). The van der Waals surface area contributed by atoms with Crippen LogP contribution in [0.4, 0.5) is 17.6 Å². The van der Waals surface area contributed by atoms with E-state index in [1.165, 1.54) is 24.3 Å². The van der Waals surface area contributed by atoms with Crippen LogP contribution >= 0.6 is 0 Å². The second-order valence-electron chi connectivity index (χ2n) is 4.42. The van der Waals surface area contributed by atoms with Crippen molar-refractivity contribution in [2.24, 2.45) is 0 Å². The predicted molar refractivity (Wildman–Crippen MR) is 78.2 cm³/mol. The van der Waals surface area contributed by atoms with E-state index in [0.29, 0.717) is 13.1 Å². The van der Waals surface area contributed by atoms with Gasteiger partial charge in [0.05, 0.1) is 5.56 Å². The number of hydrogen-bond donors (Lipinski definition) is 2. The van der Waals surface area contributed by atoms with Gasteiger partial charge in [-0.1, -0.05) is 24.3 Å². The summed E-state index contributed by atoms with van der Waals surface area (Å²) in [6.07, 6.45) is -4.31. The molecule has 6 heteroatoms. The maximum atomic E-state index is 12.7.